The molecule has 0 unspecified atom stereocenters. The van der Waals surface area contributed by atoms with Crippen LogP contribution < -0.4 is 0 Å². The number of amides is 1. The van der Waals surface area contributed by atoms with Gasteiger partial charge in [0.2, 0.25) is 0 Å². The first-order valence-corrected chi connectivity index (χ1v) is 11.5. The quantitative estimate of drug-likeness (QED) is 0.327. The first-order valence-electron chi connectivity index (χ1n) is 9.65. The molecular formula is C23H18N4OS2. The van der Waals surface area contributed by atoms with Crippen molar-refractivity contribution < 1.29 is 4.79 Å². The monoisotopic (exact) mass is 430 g/mol. The van der Waals surface area contributed by atoms with Crippen molar-refractivity contribution in [1.82, 2.24) is 15.0 Å². The fraction of sp³-hybridized carbons (Fsp3) is 0.130. The van der Waals surface area contributed by atoms with Crippen LogP contribution in [0.5, 0.6) is 0 Å². The standard InChI is InChI=1S/C23H18N4OS2/c28-21(27-13-12-18(26-27)16-7-2-1-3-8-16)15-30-23-17-9-4-5-10-19(17)24-22(25-23)20-11-6-14-29-20/h1-11,14H,12-13,15H2. The molecule has 148 valence electrons. The molecule has 7 heteroatoms. The molecule has 2 aromatic heterocycles. The van der Waals surface area contributed by atoms with E-state index in [1.165, 1.54) is 11.8 Å². The molecule has 0 aliphatic carbocycles. The number of hydrogen-bond donors (Lipinski definition) is 0. The summed E-state index contributed by atoms with van der Waals surface area (Å²) in [7, 11) is 0. The zero-order valence-corrected chi connectivity index (χ0v) is 17.7. The molecule has 5 rings (SSSR count). The molecule has 1 amide bonds. The Balaban J connectivity index is 1.36. The summed E-state index contributed by atoms with van der Waals surface area (Å²) in [5.74, 6) is 0.978. The molecule has 5 nitrogen and oxygen atoms in total. The van der Waals surface area contributed by atoms with Crippen molar-refractivity contribution in [2.45, 2.75) is 11.4 Å². The minimum atomic E-state index is -0.00806. The summed E-state index contributed by atoms with van der Waals surface area (Å²) in [6.07, 6.45) is 0.777. The highest BCUT2D eigenvalue weighted by Crippen LogP contribution is 2.30. The van der Waals surface area contributed by atoms with Gasteiger partial charge in [-0.05, 0) is 23.1 Å². The maximum absolute atomic E-state index is 12.8. The van der Waals surface area contributed by atoms with Gasteiger partial charge in [0.1, 0.15) is 5.03 Å². The Morgan fingerprint density at radius 2 is 1.83 bits per heavy atom. The third-order valence-electron chi connectivity index (χ3n) is 4.84. The lowest BCUT2D eigenvalue weighted by molar-refractivity contribution is -0.127. The average Bonchev–Trinajstić information content (AvgIpc) is 3.50. The second kappa shape index (κ2) is 8.38. The average molecular weight is 431 g/mol. The third kappa shape index (κ3) is 3.86. The highest BCUT2D eigenvalue weighted by Gasteiger charge is 2.22. The lowest BCUT2D eigenvalue weighted by Gasteiger charge is -2.12. The fourth-order valence-electron chi connectivity index (χ4n) is 3.35. The predicted octanol–water partition coefficient (Wildman–Crippen LogP) is 5.09. The fourth-order valence-corrected chi connectivity index (χ4v) is 4.89. The lowest BCUT2D eigenvalue weighted by atomic mass is 10.1. The summed E-state index contributed by atoms with van der Waals surface area (Å²) in [4.78, 5) is 23.3. The molecule has 0 saturated carbocycles. The number of carbonyl (C=O) groups excluding carboxylic acids is 1. The van der Waals surface area contributed by atoms with Crippen LogP contribution in [-0.4, -0.2) is 38.9 Å². The molecular weight excluding hydrogens is 412 g/mol. The van der Waals surface area contributed by atoms with Crippen LogP contribution in [0.3, 0.4) is 0 Å². The maximum atomic E-state index is 12.8. The summed E-state index contributed by atoms with van der Waals surface area (Å²) in [6.45, 7) is 0.620. The third-order valence-corrected chi connectivity index (χ3v) is 6.68. The van der Waals surface area contributed by atoms with Gasteiger partial charge in [-0.25, -0.2) is 15.0 Å². The molecule has 0 radical (unpaired) electrons. The van der Waals surface area contributed by atoms with Gasteiger partial charge in [-0.2, -0.15) is 5.10 Å². The van der Waals surface area contributed by atoms with Crippen LogP contribution in [0.4, 0.5) is 0 Å². The van der Waals surface area contributed by atoms with Gasteiger partial charge in [0.15, 0.2) is 5.82 Å². The van der Waals surface area contributed by atoms with Gasteiger partial charge in [-0.1, -0.05) is 66.4 Å². The number of thiophene rings is 1. The molecule has 3 heterocycles. The summed E-state index contributed by atoms with van der Waals surface area (Å²) in [5.41, 5.74) is 2.92. The minimum Gasteiger partial charge on any atom is -0.272 e. The van der Waals surface area contributed by atoms with Gasteiger partial charge in [0.05, 0.1) is 28.4 Å². The van der Waals surface area contributed by atoms with Crippen molar-refractivity contribution in [1.29, 1.82) is 0 Å². The van der Waals surface area contributed by atoms with Gasteiger partial charge < -0.3 is 0 Å². The summed E-state index contributed by atoms with van der Waals surface area (Å²) < 4.78 is 0. The van der Waals surface area contributed by atoms with Gasteiger partial charge in [-0.15, -0.1) is 11.3 Å². The maximum Gasteiger partial charge on any atom is 0.253 e. The van der Waals surface area contributed by atoms with E-state index in [1.54, 1.807) is 16.3 Å². The highest BCUT2D eigenvalue weighted by atomic mass is 32.2. The number of nitrogens with zero attached hydrogens (tertiary/aromatic N) is 4. The molecule has 1 aliphatic rings. The first-order chi connectivity index (χ1) is 14.8. The van der Waals surface area contributed by atoms with E-state index >= 15 is 0 Å². The smallest absolute Gasteiger partial charge is 0.253 e. The zero-order valence-electron chi connectivity index (χ0n) is 16.1. The van der Waals surface area contributed by atoms with E-state index in [0.29, 0.717) is 12.4 Å². The van der Waals surface area contributed by atoms with Crippen LogP contribution in [0.1, 0.15) is 12.0 Å². The molecule has 2 aromatic carbocycles. The van der Waals surface area contributed by atoms with Crippen LogP contribution in [0.15, 0.2) is 82.2 Å². The Morgan fingerprint density at radius 1 is 1.00 bits per heavy atom. The molecule has 0 bridgehead atoms. The first kappa shape index (κ1) is 19.0. The van der Waals surface area contributed by atoms with E-state index < -0.39 is 0 Å². The Morgan fingerprint density at radius 3 is 2.67 bits per heavy atom. The van der Waals surface area contributed by atoms with Gasteiger partial charge in [0, 0.05) is 11.8 Å². The SMILES string of the molecule is O=C(CSc1nc(-c2cccs2)nc2ccccc12)N1CCC(c2ccccc2)=N1. The second-order valence-corrected chi connectivity index (χ2v) is 8.73. The van der Waals surface area contributed by atoms with Crippen molar-refractivity contribution in [2.75, 3.05) is 12.3 Å². The van der Waals surface area contributed by atoms with E-state index in [0.717, 1.165) is 38.5 Å². The summed E-state index contributed by atoms with van der Waals surface area (Å²) >= 11 is 3.06. The molecule has 4 aromatic rings. The number of hydrogen-bond acceptors (Lipinski definition) is 6. The number of aromatic nitrogens is 2. The van der Waals surface area contributed by atoms with E-state index in [-0.39, 0.29) is 11.7 Å². The van der Waals surface area contributed by atoms with Gasteiger partial charge in [0.25, 0.3) is 5.91 Å². The number of thioether (sulfide) groups is 1. The van der Waals surface area contributed by atoms with E-state index in [1.807, 2.05) is 72.1 Å². The van der Waals surface area contributed by atoms with Crippen LogP contribution >= 0.6 is 23.1 Å². The van der Waals surface area contributed by atoms with Gasteiger partial charge >= 0.3 is 0 Å². The summed E-state index contributed by atoms with van der Waals surface area (Å²) in [5, 5.41) is 9.93. The highest BCUT2D eigenvalue weighted by molar-refractivity contribution is 8.00. The van der Waals surface area contributed by atoms with Crippen molar-refractivity contribution in [3.63, 3.8) is 0 Å². The number of hydrazone groups is 1. The second-order valence-electron chi connectivity index (χ2n) is 6.82. The molecule has 0 fully saturated rings. The van der Waals surface area contributed by atoms with Crippen LogP contribution in [0.25, 0.3) is 21.6 Å². The molecule has 0 saturated heterocycles. The summed E-state index contributed by atoms with van der Waals surface area (Å²) in [6, 6.07) is 21.9. The number of carbonyl (C=O) groups is 1. The van der Waals surface area contributed by atoms with Crippen molar-refractivity contribution in [3.8, 4) is 10.7 Å². The van der Waals surface area contributed by atoms with E-state index in [2.05, 4.69) is 5.10 Å². The lowest BCUT2D eigenvalue weighted by Crippen LogP contribution is -2.25. The number of fused-ring (bicyclic) bond motifs is 1. The zero-order chi connectivity index (χ0) is 20.3. The van der Waals surface area contributed by atoms with Crippen LogP contribution in [0, 0.1) is 0 Å². The van der Waals surface area contributed by atoms with Crippen molar-refractivity contribution >= 4 is 45.6 Å². The van der Waals surface area contributed by atoms with Crippen molar-refractivity contribution in [2.24, 2.45) is 5.10 Å². The largest absolute Gasteiger partial charge is 0.272 e. The molecule has 0 spiro atoms. The normalized spacial score (nSPS) is 13.6. The number of para-hydroxylation sites is 1. The molecule has 0 N–H and O–H groups in total. The topological polar surface area (TPSA) is 58.5 Å². The Hall–Kier alpha value is -3.03. The molecule has 0 atom stereocenters. The van der Waals surface area contributed by atoms with E-state index in [9.17, 15) is 4.79 Å². The minimum absolute atomic E-state index is 0.00806. The Bertz CT molecular complexity index is 1220. The van der Waals surface area contributed by atoms with Gasteiger partial charge in [-0.3, -0.25) is 4.79 Å². The number of benzene rings is 2. The van der Waals surface area contributed by atoms with Crippen molar-refractivity contribution in [3.05, 3.63) is 77.7 Å². The Labute approximate surface area is 182 Å². The van der Waals surface area contributed by atoms with E-state index in [4.69, 9.17) is 9.97 Å². The molecule has 30 heavy (non-hydrogen) atoms. The Kier molecular flexibility index (Phi) is 5.29. The number of rotatable bonds is 5. The van der Waals surface area contributed by atoms with Crippen LogP contribution in [0.2, 0.25) is 0 Å². The molecule has 1 aliphatic heterocycles. The predicted molar refractivity (Wildman–Crippen MR) is 123 cm³/mol. The van der Waals surface area contributed by atoms with Crippen LogP contribution in [-0.2, 0) is 4.79 Å².